The smallest absolute Gasteiger partial charge is 0.264 e. The van der Waals surface area contributed by atoms with E-state index in [4.69, 9.17) is 11.6 Å². The summed E-state index contributed by atoms with van der Waals surface area (Å²) in [5, 5.41) is 12.2. The van der Waals surface area contributed by atoms with Gasteiger partial charge in [-0.1, -0.05) is 100 Å². The van der Waals surface area contributed by atoms with Crippen LogP contribution in [0.1, 0.15) is 27.9 Å². The fraction of sp³-hybridized carbons (Fsp3) is 0.103. The highest BCUT2D eigenvalue weighted by atomic mass is 79.9. The molecule has 1 atom stereocenters. The number of ketones is 1. The van der Waals surface area contributed by atoms with Crippen molar-refractivity contribution in [1.82, 2.24) is 0 Å². The molecule has 174 valence electrons. The van der Waals surface area contributed by atoms with Gasteiger partial charge in [-0.25, -0.2) is 0 Å². The number of benzene rings is 4. The maximum atomic E-state index is 13.6. The van der Waals surface area contributed by atoms with Crippen LogP contribution in [-0.2, 0) is 16.9 Å². The minimum atomic E-state index is -1.98. The van der Waals surface area contributed by atoms with E-state index in [1.165, 1.54) is 4.90 Å². The summed E-state index contributed by atoms with van der Waals surface area (Å²) in [6.07, 6.45) is -0.362. The highest BCUT2D eigenvalue weighted by Gasteiger charge is 2.51. The van der Waals surface area contributed by atoms with E-state index < -0.39 is 11.5 Å². The zero-order chi connectivity index (χ0) is 24.6. The Labute approximate surface area is 216 Å². The number of anilines is 1. The molecule has 4 aromatic rings. The van der Waals surface area contributed by atoms with Crippen LogP contribution in [0.5, 0.6) is 0 Å². The number of carbonyl (C=O) groups is 2. The molecule has 0 spiro atoms. The Kier molecular flexibility index (Phi) is 6.32. The fourth-order valence-electron chi connectivity index (χ4n) is 4.46. The first kappa shape index (κ1) is 23.5. The molecule has 1 heterocycles. The van der Waals surface area contributed by atoms with Crippen LogP contribution < -0.4 is 4.90 Å². The van der Waals surface area contributed by atoms with Gasteiger partial charge in [-0.05, 0) is 41.0 Å². The first-order chi connectivity index (χ1) is 16.9. The van der Waals surface area contributed by atoms with Crippen LogP contribution in [0.3, 0.4) is 0 Å². The zero-order valence-corrected chi connectivity index (χ0v) is 21.0. The molecule has 6 heteroatoms. The molecule has 1 aliphatic rings. The molecule has 0 aromatic heterocycles. The Balaban J connectivity index is 1.45. The number of aliphatic hydroxyl groups is 1. The molecule has 0 unspecified atom stereocenters. The van der Waals surface area contributed by atoms with Gasteiger partial charge >= 0.3 is 0 Å². The van der Waals surface area contributed by atoms with E-state index in [9.17, 15) is 14.7 Å². The summed E-state index contributed by atoms with van der Waals surface area (Å²) in [5.74, 6) is -0.856. The first-order valence-electron chi connectivity index (χ1n) is 11.1. The van der Waals surface area contributed by atoms with Crippen LogP contribution in [0.2, 0.25) is 5.02 Å². The number of amides is 1. The largest absolute Gasteiger partial charge is 0.375 e. The van der Waals surface area contributed by atoms with Crippen molar-refractivity contribution in [2.24, 2.45) is 0 Å². The first-order valence-corrected chi connectivity index (χ1v) is 12.3. The van der Waals surface area contributed by atoms with Crippen molar-refractivity contribution >= 4 is 44.9 Å². The van der Waals surface area contributed by atoms with Crippen LogP contribution in [-0.4, -0.2) is 16.8 Å². The minimum absolute atomic E-state index is 0.190. The predicted octanol–water partition coefficient (Wildman–Crippen LogP) is 6.78. The third kappa shape index (κ3) is 4.43. The Morgan fingerprint density at radius 1 is 0.886 bits per heavy atom. The molecule has 0 aliphatic carbocycles. The highest BCUT2D eigenvalue weighted by Crippen LogP contribution is 2.45. The zero-order valence-electron chi connectivity index (χ0n) is 18.6. The Hall–Kier alpha value is -3.25. The fourth-order valence-corrected chi connectivity index (χ4v) is 5.02. The molecule has 1 aliphatic heterocycles. The number of hydrogen-bond donors (Lipinski definition) is 1. The van der Waals surface area contributed by atoms with Crippen molar-refractivity contribution in [2.75, 3.05) is 4.90 Å². The third-order valence-electron chi connectivity index (χ3n) is 6.31. The van der Waals surface area contributed by atoms with Gasteiger partial charge < -0.3 is 10.0 Å². The lowest BCUT2D eigenvalue weighted by atomic mass is 9.88. The number of halogens is 2. The molecule has 0 radical (unpaired) electrons. The number of rotatable bonds is 6. The SMILES string of the molecule is O=C(C[C@]1(O)C(=O)N(Cc2ccccc2Cl)c2ccc(Br)cc21)c1ccc(-c2ccccc2)cc1. The lowest BCUT2D eigenvalue weighted by Gasteiger charge is -2.23. The van der Waals surface area contributed by atoms with E-state index >= 15 is 0 Å². The molecule has 0 fully saturated rings. The van der Waals surface area contributed by atoms with Gasteiger partial charge in [0.05, 0.1) is 18.7 Å². The van der Waals surface area contributed by atoms with E-state index in [1.54, 1.807) is 30.3 Å². The van der Waals surface area contributed by atoms with Gasteiger partial charge in [0.2, 0.25) is 0 Å². The molecule has 35 heavy (non-hydrogen) atoms. The summed E-state index contributed by atoms with van der Waals surface area (Å²) in [5.41, 5.74) is 2.21. The molecule has 0 bridgehead atoms. The average Bonchev–Trinajstić information content (AvgIpc) is 3.07. The third-order valence-corrected chi connectivity index (χ3v) is 7.17. The van der Waals surface area contributed by atoms with Crippen molar-refractivity contribution < 1.29 is 14.7 Å². The van der Waals surface area contributed by atoms with Gasteiger partial charge in [0.15, 0.2) is 11.4 Å². The van der Waals surface area contributed by atoms with Gasteiger partial charge in [-0.3, -0.25) is 9.59 Å². The summed E-state index contributed by atoms with van der Waals surface area (Å²) < 4.78 is 0.710. The van der Waals surface area contributed by atoms with Gasteiger partial charge in [0.1, 0.15) is 0 Å². The predicted molar refractivity (Wildman–Crippen MR) is 142 cm³/mol. The molecular weight excluding hydrogens is 526 g/mol. The minimum Gasteiger partial charge on any atom is -0.375 e. The van der Waals surface area contributed by atoms with Crippen LogP contribution in [0, 0.1) is 0 Å². The van der Waals surface area contributed by atoms with Gasteiger partial charge in [-0.15, -0.1) is 0 Å². The van der Waals surface area contributed by atoms with Crippen molar-refractivity contribution in [3.8, 4) is 11.1 Å². The van der Waals surface area contributed by atoms with E-state index in [-0.39, 0.29) is 18.7 Å². The lowest BCUT2D eigenvalue weighted by Crippen LogP contribution is -2.41. The number of nitrogens with zero attached hydrogens (tertiary/aromatic N) is 1. The van der Waals surface area contributed by atoms with Gasteiger partial charge in [0, 0.05) is 20.6 Å². The molecule has 4 aromatic carbocycles. The van der Waals surface area contributed by atoms with E-state index in [1.807, 2.05) is 66.7 Å². The van der Waals surface area contributed by atoms with Crippen LogP contribution in [0.4, 0.5) is 5.69 Å². The van der Waals surface area contributed by atoms with Gasteiger partial charge in [0.25, 0.3) is 5.91 Å². The summed E-state index contributed by atoms with van der Waals surface area (Å²) >= 11 is 9.76. The van der Waals surface area contributed by atoms with Crippen molar-refractivity contribution in [2.45, 2.75) is 18.6 Å². The summed E-state index contributed by atoms with van der Waals surface area (Å²) in [7, 11) is 0. The van der Waals surface area contributed by atoms with E-state index in [0.717, 1.165) is 16.7 Å². The lowest BCUT2D eigenvalue weighted by molar-refractivity contribution is -0.136. The number of fused-ring (bicyclic) bond motifs is 1. The second kappa shape index (κ2) is 9.42. The van der Waals surface area contributed by atoms with Crippen molar-refractivity contribution in [3.63, 3.8) is 0 Å². The average molecular weight is 547 g/mol. The summed E-state index contributed by atoms with van der Waals surface area (Å²) in [4.78, 5) is 28.3. The summed E-state index contributed by atoms with van der Waals surface area (Å²) in [6, 6.07) is 29.6. The van der Waals surface area contributed by atoms with E-state index in [0.29, 0.717) is 26.3 Å². The maximum Gasteiger partial charge on any atom is 0.264 e. The second-order valence-corrected chi connectivity index (χ2v) is 9.87. The number of Topliss-reactive ketones (excluding diaryl/α,β-unsaturated/α-hetero) is 1. The molecule has 0 saturated heterocycles. The summed E-state index contributed by atoms with van der Waals surface area (Å²) in [6.45, 7) is 0.190. The van der Waals surface area contributed by atoms with E-state index in [2.05, 4.69) is 15.9 Å². The molecule has 1 N–H and O–H groups in total. The van der Waals surface area contributed by atoms with Crippen molar-refractivity contribution in [3.05, 3.63) is 123 Å². The standard InChI is InChI=1S/C29H21BrClNO3/c30-23-14-15-26-24(16-23)29(35,28(34)32(26)18-22-8-4-5-9-25(22)31)17-27(33)21-12-10-20(11-13-21)19-6-2-1-3-7-19/h1-16,35H,17-18H2/t29-/m1/s1. The number of hydrogen-bond acceptors (Lipinski definition) is 3. The molecule has 0 saturated carbocycles. The maximum absolute atomic E-state index is 13.6. The van der Waals surface area contributed by atoms with Crippen LogP contribution >= 0.6 is 27.5 Å². The topological polar surface area (TPSA) is 57.6 Å². The van der Waals surface area contributed by atoms with Crippen LogP contribution in [0.15, 0.2) is 102 Å². The number of carbonyl (C=O) groups excluding carboxylic acids is 2. The molecular formula is C29H21BrClNO3. The Morgan fingerprint density at radius 2 is 1.54 bits per heavy atom. The van der Waals surface area contributed by atoms with Gasteiger partial charge in [-0.2, -0.15) is 0 Å². The molecule has 4 nitrogen and oxygen atoms in total. The Morgan fingerprint density at radius 3 is 2.26 bits per heavy atom. The molecule has 1 amide bonds. The monoisotopic (exact) mass is 545 g/mol. The normalized spacial score (nSPS) is 16.9. The Bertz CT molecular complexity index is 1420. The van der Waals surface area contributed by atoms with Crippen LogP contribution in [0.25, 0.3) is 11.1 Å². The highest BCUT2D eigenvalue weighted by molar-refractivity contribution is 9.10. The quantitative estimate of drug-likeness (QED) is 0.271. The van der Waals surface area contributed by atoms with Crippen molar-refractivity contribution in [1.29, 1.82) is 0 Å². The molecule has 5 rings (SSSR count). The second-order valence-electron chi connectivity index (χ2n) is 8.55.